The highest BCUT2D eigenvalue weighted by molar-refractivity contribution is 7.97. The van der Waals surface area contributed by atoms with Gasteiger partial charge in [-0.3, -0.25) is 0 Å². The Kier molecular flexibility index (Phi) is 3.19. The van der Waals surface area contributed by atoms with E-state index in [-0.39, 0.29) is 17.2 Å². The summed E-state index contributed by atoms with van der Waals surface area (Å²) in [6, 6.07) is 0. The van der Waals surface area contributed by atoms with E-state index >= 15 is 0 Å². The van der Waals surface area contributed by atoms with Crippen LogP contribution in [0, 0.1) is 11.8 Å². The van der Waals surface area contributed by atoms with E-state index in [9.17, 15) is 8.42 Å². The maximum Gasteiger partial charge on any atom is 0.292 e. The highest BCUT2D eigenvalue weighted by Gasteiger charge is 2.61. The molecule has 0 radical (unpaired) electrons. The predicted octanol–water partition coefficient (Wildman–Crippen LogP) is 3.13. The highest BCUT2D eigenvalue weighted by Crippen LogP contribution is 2.55. The van der Waals surface area contributed by atoms with Crippen LogP contribution < -0.4 is 0 Å². The molecule has 0 aromatic heterocycles. The molecule has 0 amide bonds. The number of hydrogen-bond donors (Lipinski definition) is 0. The van der Waals surface area contributed by atoms with Crippen molar-refractivity contribution in [3.8, 4) is 0 Å². The maximum absolute atomic E-state index is 11.9. The third-order valence-electron chi connectivity index (χ3n) is 3.42. The second kappa shape index (κ2) is 3.81. The van der Waals surface area contributed by atoms with Crippen LogP contribution in [0.1, 0.15) is 19.3 Å². The third-order valence-corrected chi connectivity index (χ3v) is 8.06. The lowest BCUT2D eigenvalue weighted by atomic mass is 9.64. The minimum atomic E-state index is -3.72. The molecule has 0 aromatic rings. The summed E-state index contributed by atoms with van der Waals surface area (Å²) in [4.78, 5) is 0. The summed E-state index contributed by atoms with van der Waals surface area (Å²) in [5.41, 5.74) is 0. The molecule has 0 heterocycles. The molecule has 2 unspecified atom stereocenters. The first-order valence-corrected chi connectivity index (χ1v) is 7.82. The second-order valence-electron chi connectivity index (χ2n) is 4.16. The van der Waals surface area contributed by atoms with Crippen LogP contribution >= 0.6 is 46.4 Å². The summed E-state index contributed by atoms with van der Waals surface area (Å²) in [7, 11) is -3.72. The molecule has 2 nitrogen and oxygen atoms in total. The summed E-state index contributed by atoms with van der Waals surface area (Å²) in [5.74, 6) is -0.0721. The normalized spacial score (nSPS) is 41.1. The number of fused-ring (bicyclic) bond motifs is 2. The Morgan fingerprint density at radius 1 is 1.07 bits per heavy atom. The molecule has 0 aliphatic heterocycles. The van der Waals surface area contributed by atoms with Gasteiger partial charge in [0.2, 0.25) is 9.84 Å². The fourth-order valence-electron chi connectivity index (χ4n) is 2.70. The zero-order chi connectivity index (χ0) is 11.4. The quantitative estimate of drug-likeness (QED) is 0.697. The molecule has 88 valence electrons. The minimum absolute atomic E-state index is 0.0361. The van der Waals surface area contributed by atoms with Gasteiger partial charge in [0, 0.05) is 5.38 Å². The Balaban J connectivity index is 2.28. The number of rotatable bonds is 1. The van der Waals surface area contributed by atoms with E-state index in [1.165, 1.54) is 0 Å². The van der Waals surface area contributed by atoms with Gasteiger partial charge in [0.25, 0.3) is 3.12 Å². The SMILES string of the molecule is O=S(=O)(C1[C@@H]2CCC[C@H]1C2Cl)C(Cl)(Cl)Cl. The smallest absolute Gasteiger partial charge is 0.224 e. The summed E-state index contributed by atoms with van der Waals surface area (Å²) >= 11 is 22.5. The molecule has 0 spiro atoms. The molecule has 0 saturated heterocycles. The van der Waals surface area contributed by atoms with Gasteiger partial charge in [-0.25, -0.2) is 8.42 Å². The van der Waals surface area contributed by atoms with Crippen molar-refractivity contribution in [3.05, 3.63) is 0 Å². The number of halogens is 4. The molecule has 3 fully saturated rings. The van der Waals surface area contributed by atoms with E-state index in [4.69, 9.17) is 46.4 Å². The average molecular weight is 312 g/mol. The van der Waals surface area contributed by atoms with Crippen molar-refractivity contribution in [1.29, 1.82) is 0 Å². The van der Waals surface area contributed by atoms with Crippen LogP contribution in [0.15, 0.2) is 0 Å². The molecule has 2 bridgehead atoms. The van der Waals surface area contributed by atoms with Gasteiger partial charge in [0.1, 0.15) is 0 Å². The zero-order valence-corrected chi connectivity index (χ0v) is 11.5. The zero-order valence-electron chi connectivity index (χ0n) is 7.67. The predicted molar refractivity (Wildman–Crippen MR) is 63.5 cm³/mol. The summed E-state index contributed by atoms with van der Waals surface area (Å²) < 4.78 is 21.7. The van der Waals surface area contributed by atoms with Gasteiger partial charge in [-0.1, -0.05) is 41.2 Å². The Morgan fingerprint density at radius 2 is 1.53 bits per heavy atom. The monoisotopic (exact) mass is 310 g/mol. The topological polar surface area (TPSA) is 34.1 Å². The lowest BCUT2D eigenvalue weighted by Gasteiger charge is -2.53. The van der Waals surface area contributed by atoms with Crippen molar-refractivity contribution in [3.63, 3.8) is 0 Å². The first kappa shape index (κ1) is 12.6. The molecular weight excluding hydrogens is 302 g/mol. The Bertz CT molecular complexity index is 349. The van der Waals surface area contributed by atoms with Crippen molar-refractivity contribution < 1.29 is 8.42 Å². The maximum atomic E-state index is 11.9. The standard InChI is InChI=1S/C8H10Cl4O2S/c9-6-4-2-1-3-5(6)7(4)15(13,14)8(10,11)12/h4-7H,1-3H2/t4-,5+,6?,7?. The van der Waals surface area contributed by atoms with Gasteiger partial charge < -0.3 is 0 Å². The number of sulfone groups is 1. The molecule has 0 aromatic carbocycles. The van der Waals surface area contributed by atoms with Gasteiger partial charge >= 0.3 is 0 Å². The van der Waals surface area contributed by atoms with Gasteiger partial charge in [-0.2, -0.15) is 0 Å². The summed E-state index contributed by atoms with van der Waals surface area (Å²) in [5, 5.41) is -0.618. The van der Waals surface area contributed by atoms with Crippen LogP contribution in [0.3, 0.4) is 0 Å². The molecule has 3 saturated carbocycles. The van der Waals surface area contributed by atoms with Crippen molar-refractivity contribution in [2.45, 2.75) is 33.0 Å². The van der Waals surface area contributed by atoms with Crippen LogP contribution in [-0.2, 0) is 9.84 Å². The first-order chi connectivity index (χ1) is 6.77. The molecule has 3 aliphatic rings. The van der Waals surface area contributed by atoms with Crippen LogP contribution in [0.5, 0.6) is 0 Å². The van der Waals surface area contributed by atoms with E-state index in [0.717, 1.165) is 19.3 Å². The van der Waals surface area contributed by atoms with E-state index in [2.05, 4.69) is 0 Å². The van der Waals surface area contributed by atoms with Crippen molar-refractivity contribution in [2.75, 3.05) is 0 Å². The Labute approximate surface area is 109 Å². The Hall–Kier alpha value is 1.11. The molecule has 3 aliphatic carbocycles. The lowest BCUT2D eigenvalue weighted by Crippen LogP contribution is -2.60. The fraction of sp³-hybridized carbons (Fsp3) is 1.00. The van der Waals surface area contributed by atoms with Crippen LogP contribution in [-0.4, -0.2) is 22.2 Å². The molecule has 7 heteroatoms. The van der Waals surface area contributed by atoms with E-state index in [1.54, 1.807) is 0 Å². The van der Waals surface area contributed by atoms with Crippen molar-refractivity contribution >= 4 is 56.2 Å². The third kappa shape index (κ3) is 1.79. The molecule has 0 N–H and O–H groups in total. The number of alkyl halides is 4. The van der Waals surface area contributed by atoms with Gasteiger partial charge in [0.05, 0.1) is 5.25 Å². The minimum Gasteiger partial charge on any atom is -0.224 e. The fourth-order valence-corrected chi connectivity index (χ4v) is 6.21. The number of hydrogen-bond acceptors (Lipinski definition) is 2. The van der Waals surface area contributed by atoms with Gasteiger partial charge in [-0.15, -0.1) is 11.6 Å². The Morgan fingerprint density at radius 3 is 1.87 bits per heavy atom. The summed E-state index contributed by atoms with van der Waals surface area (Å²) in [6.45, 7) is 0. The summed E-state index contributed by atoms with van der Waals surface area (Å²) in [6.07, 6.45) is 2.65. The molecule has 15 heavy (non-hydrogen) atoms. The van der Waals surface area contributed by atoms with E-state index in [1.807, 2.05) is 0 Å². The van der Waals surface area contributed by atoms with Gasteiger partial charge in [0.15, 0.2) is 0 Å². The van der Waals surface area contributed by atoms with Crippen molar-refractivity contribution in [1.82, 2.24) is 0 Å². The lowest BCUT2D eigenvalue weighted by molar-refractivity contribution is 0.129. The van der Waals surface area contributed by atoms with E-state index < -0.39 is 18.2 Å². The van der Waals surface area contributed by atoms with Crippen molar-refractivity contribution in [2.24, 2.45) is 11.8 Å². The van der Waals surface area contributed by atoms with Crippen LogP contribution in [0.4, 0.5) is 0 Å². The largest absolute Gasteiger partial charge is 0.292 e. The van der Waals surface area contributed by atoms with E-state index in [0.29, 0.717) is 0 Å². The second-order valence-corrected chi connectivity index (χ2v) is 9.86. The van der Waals surface area contributed by atoms with Crippen LogP contribution in [0.25, 0.3) is 0 Å². The molecular formula is C8H10Cl4O2S. The van der Waals surface area contributed by atoms with Crippen LogP contribution in [0.2, 0.25) is 0 Å². The van der Waals surface area contributed by atoms with Gasteiger partial charge in [-0.05, 0) is 24.7 Å². The first-order valence-electron chi connectivity index (χ1n) is 4.71. The average Bonchev–Trinajstić information content (AvgIpc) is 2.14. The molecule has 3 rings (SSSR count). The molecule has 4 atom stereocenters. The highest BCUT2D eigenvalue weighted by atomic mass is 35.6.